The standard InChI is InChI=1S/C13H12Br2N2OS/c1-13(2,15)11(18)17-12-16-10(7-19-12)8-4-3-5-9(14)6-8/h3-7H,1-2H3,(H,16,17,18). The first kappa shape index (κ1) is 14.7. The molecule has 0 aliphatic heterocycles. The predicted octanol–water partition coefficient (Wildman–Crippen LogP) is 4.68. The molecular formula is C13H12Br2N2OS. The molecule has 0 radical (unpaired) electrons. The fraction of sp³-hybridized carbons (Fsp3) is 0.231. The first-order valence-corrected chi connectivity index (χ1v) is 8.04. The molecule has 1 aromatic heterocycles. The molecule has 0 unspecified atom stereocenters. The zero-order valence-electron chi connectivity index (χ0n) is 10.4. The zero-order chi connectivity index (χ0) is 14.0. The third-order valence-corrected chi connectivity index (χ3v) is 4.00. The third-order valence-electron chi connectivity index (χ3n) is 2.38. The van der Waals surface area contributed by atoms with E-state index in [0.29, 0.717) is 5.13 Å². The Kier molecular flexibility index (Phi) is 4.43. The van der Waals surface area contributed by atoms with E-state index in [1.165, 1.54) is 11.3 Å². The van der Waals surface area contributed by atoms with Crippen LogP contribution in [0.1, 0.15) is 13.8 Å². The van der Waals surface area contributed by atoms with Crippen LogP contribution in [0, 0.1) is 0 Å². The molecule has 100 valence electrons. The van der Waals surface area contributed by atoms with Gasteiger partial charge in [0, 0.05) is 15.4 Å². The number of rotatable bonds is 3. The summed E-state index contributed by atoms with van der Waals surface area (Å²) in [5.41, 5.74) is 1.87. The van der Waals surface area contributed by atoms with Gasteiger partial charge in [-0.1, -0.05) is 44.0 Å². The minimum absolute atomic E-state index is 0.109. The van der Waals surface area contributed by atoms with Crippen LogP contribution in [0.2, 0.25) is 0 Å². The summed E-state index contributed by atoms with van der Waals surface area (Å²) < 4.78 is 0.402. The van der Waals surface area contributed by atoms with Crippen LogP contribution < -0.4 is 5.32 Å². The molecule has 2 aromatic rings. The number of aromatic nitrogens is 1. The lowest BCUT2D eigenvalue weighted by atomic mass is 10.2. The van der Waals surface area contributed by atoms with E-state index in [-0.39, 0.29) is 5.91 Å². The number of carbonyl (C=O) groups excluding carboxylic acids is 1. The van der Waals surface area contributed by atoms with Crippen molar-refractivity contribution in [3.63, 3.8) is 0 Å². The summed E-state index contributed by atoms with van der Waals surface area (Å²) in [6.07, 6.45) is 0. The number of amides is 1. The molecule has 0 saturated heterocycles. The molecule has 1 heterocycles. The Morgan fingerprint density at radius 3 is 2.79 bits per heavy atom. The van der Waals surface area contributed by atoms with Gasteiger partial charge in [-0.3, -0.25) is 4.79 Å². The zero-order valence-corrected chi connectivity index (χ0v) is 14.4. The van der Waals surface area contributed by atoms with Gasteiger partial charge in [0.05, 0.1) is 10.0 Å². The van der Waals surface area contributed by atoms with Gasteiger partial charge >= 0.3 is 0 Å². The van der Waals surface area contributed by atoms with E-state index in [1.807, 2.05) is 29.6 Å². The van der Waals surface area contributed by atoms with Crippen LogP contribution in [0.15, 0.2) is 34.1 Å². The Morgan fingerprint density at radius 2 is 2.16 bits per heavy atom. The lowest BCUT2D eigenvalue weighted by molar-refractivity contribution is -0.117. The quantitative estimate of drug-likeness (QED) is 0.755. The van der Waals surface area contributed by atoms with Crippen molar-refractivity contribution in [1.82, 2.24) is 4.98 Å². The number of benzene rings is 1. The normalized spacial score (nSPS) is 11.4. The minimum atomic E-state index is -0.603. The van der Waals surface area contributed by atoms with Crippen molar-refractivity contribution in [2.24, 2.45) is 0 Å². The number of halogens is 2. The number of carbonyl (C=O) groups is 1. The van der Waals surface area contributed by atoms with Crippen molar-refractivity contribution in [1.29, 1.82) is 0 Å². The summed E-state index contributed by atoms with van der Waals surface area (Å²) in [6.45, 7) is 3.59. The van der Waals surface area contributed by atoms with E-state index in [2.05, 4.69) is 42.2 Å². The van der Waals surface area contributed by atoms with Crippen molar-refractivity contribution in [3.05, 3.63) is 34.1 Å². The van der Waals surface area contributed by atoms with E-state index in [1.54, 1.807) is 13.8 Å². The van der Waals surface area contributed by atoms with Crippen LogP contribution >= 0.6 is 43.2 Å². The summed E-state index contributed by atoms with van der Waals surface area (Å²) in [5.74, 6) is -0.109. The highest BCUT2D eigenvalue weighted by Gasteiger charge is 2.24. The van der Waals surface area contributed by atoms with Gasteiger partial charge in [0.15, 0.2) is 5.13 Å². The van der Waals surface area contributed by atoms with Gasteiger partial charge in [-0.15, -0.1) is 11.3 Å². The fourth-order valence-electron chi connectivity index (χ4n) is 1.36. The van der Waals surface area contributed by atoms with Gasteiger partial charge in [0.2, 0.25) is 5.91 Å². The number of hydrogen-bond acceptors (Lipinski definition) is 3. The number of nitrogens with zero attached hydrogens (tertiary/aromatic N) is 1. The molecule has 3 nitrogen and oxygen atoms in total. The van der Waals surface area contributed by atoms with E-state index >= 15 is 0 Å². The summed E-state index contributed by atoms with van der Waals surface area (Å²) in [6, 6.07) is 7.90. The third kappa shape index (κ3) is 3.87. The highest BCUT2D eigenvalue weighted by atomic mass is 79.9. The lowest BCUT2D eigenvalue weighted by Gasteiger charge is -2.13. The van der Waals surface area contributed by atoms with Gasteiger partial charge in [-0.05, 0) is 26.0 Å². The van der Waals surface area contributed by atoms with Gasteiger partial charge in [0.1, 0.15) is 0 Å². The molecule has 1 N–H and O–H groups in total. The molecule has 0 saturated carbocycles. The number of nitrogens with one attached hydrogen (secondary N) is 1. The summed E-state index contributed by atoms with van der Waals surface area (Å²) in [5, 5.41) is 5.33. The molecule has 1 amide bonds. The van der Waals surface area contributed by atoms with Crippen molar-refractivity contribution in [2.45, 2.75) is 18.2 Å². The average Bonchev–Trinajstić information content (AvgIpc) is 2.76. The molecule has 0 bridgehead atoms. The Hall–Kier alpha value is -0.720. The topological polar surface area (TPSA) is 42.0 Å². The van der Waals surface area contributed by atoms with Crippen molar-refractivity contribution >= 4 is 54.2 Å². The highest BCUT2D eigenvalue weighted by Crippen LogP contribution is 2.28. The van der Waals surface area contributed by atoms with Gasteiger partial charge < -0.3 is 5.32 Å². The van der Waals surface area contributed by atoms with Crippen LogP contribution in [0.3, 0.4) is 0 Å². The van der Waals surface area contributed by atoms with Crippen LogP contribution in [0.4, 0.5) is 5.13 Å². The Labute approximate surface area is 132 Å². The monoisotopic (exact) mass is 402 g/mol. The van der Waals surface area contributed by atoms with Crippen LogP contribution in [0.5, 0.6) is 0 Å². The van der Waals surface area contributed by atoms with Crippen molar-refractivity contribution in [3.8, 4) is 11.3 Å². The molecule has 0 aliphatic rings. The summed E-state index contributed by atoms with van der Waals surface area (Å²) in [4.78, 5) is 16.3. The summed E-state index contributed by atoms with van der Waals surface area (Å²) in [7, 11) is 0. The smallest absolute Gasteiger partial charge is 0.242 e. The van der Waals surface area contributed by atoms with Crippen molar-refractivity contribution < 1.29 is 4.79 Å². The highest BCUT2D eigenvalue weighted by molar-refractivity contribution is 9.10. The number of hydrogen-bond donors (Lipinski definition) is 1. The first-order valence-electron chi connectivity index (χ1n) is 5.58. The Morgan fingerprint density at radius 1 is 1.42 bits per heavy atom. The molecule has 0 atom stereocenters. The number of alkyl halides is 1. The van der Waals surface area contributed by atoms with E-state index in [4.69, 9.17) is 0 Å². The van der Waals surface area contributed by atoms with Gasteiger partial charge in [0.25, 0.3) is 0 Å². The van der Waals surface area contributed by atoms with Gasteiger partial charge in [-0.25, -0.2) is 4.98 Å². The van der Waals surface area contributed by atoms with Crippen molar-refractivity contribution in [2.75, 3.05) is 5.32 Å². The van der Waals surface area contributed by atoms with E-state index in [0.717, 1.165) is 15.7 Å². The lowest BCUT2D eigenvalue weighted by Crippen LogP contribution is -2.30. The van der Waals surface area contributed by atoms with Gasteiger partial charge in [-0.2, -0.15) is 0 Å². The predicted molar refractivity (Wildman–Crippen MR) is 86.9 cm³/mol. The average molecular weight is 404 g/mol. The maximum atomic E-state index is 11.8. The molecule has 0 spiro atoms. The molecular weight excluding hydrogens is 392 g/mol. The summed E-state index contributed by atoms with van der Waals surface area (Å²) >= 11 is 8.17. The largest absolute Gasteiger partial charge is 0.301 e. The second kappa shape index (κ2) is 5.73. The number of anilines is 1. The Bertz CT molecular complexity index is 605. The molecule has 0 aliphatic carbocycles. The maximum Gasteiger partial charge on any atom is 0.242 e. The van der Waals surface area contributed by atoms with Crippen LogP contribution in [-0.4, -0.2) is 15.2 Å². The maximum absolute atomic E-state index is 11.8. The Balaban J connectivity index is 2.18. The van der Waals surface area contributed by atoms with E-state index < -0.39 is 4.32 Å². The fourth-order valence-corrected chi connectivity index (χ4v) is 2.57. The van der Waals surface area contributed by atoms with Crippen LogP contribution in [-0.2, 0) is 4.79 Å². The van der Waals surface area contributed by atoms with Crippen LogP contribution in [0.25, 0.3) is 11.3 Å². The molecule has 6 heteroatoms. The second-order valence-electron chi connectivity index (χ2n) is 4.47. The SMILES string of the molecule is CC(C)(Br)C(=O)Nc1nc(-c2cccc(Br)c2)cs1. The number of thiazole rings is 1. The van der Waals surface area contributed by atoms with E-state index in [9.17, 15) is 4.79 Å². The molecule has 19 heavy (non-hydrogen) atoms. The second-order valence-corrected chi connectivity index (χ2v) is 8.23. The molecule has 0 fully saturated rings. The molecule has 2 rings (SSSR count). The molecule has 1 aromatic carbocycles. The minimum Gasteiger partial charge on any atom is -0.301 e. The first-order chi connectivity index (χ1) is 8.86.